The molecule has 1 rings (SSSR count). The molecule has 0 aliphatic rings. The average molecular weight is 123 g/mol. The van der Waals surface area contributed by atoms with Gasteiger partial charge in [0.15, 0.2) is 0 Å². The number of phenols is 1. The van der Waals surface area contributed by atoms with E-state index in [2.05, 4.69) is 6.07 Å². The predicted molar refractivity (Wildman–Crippen MR) is 33.5 cm³/mol. The maximum atomic E-state index is 8.81. The van der Waals surface area contributed by atoms with Crippen molar-refractivity contribution in [3.05, 3.63) is 24.3 Å². The molecular formula is C7H7O2. The zero-order chi connectivity index (χ0) is 6.69. The quantitative estimate of drug-likeness (QED) is 0.608. The lowest BCUT2D eigenvalue weighted by molar-refractivity contribution is 0.407. The van der Waals surface area contributed by atoms with Gasteiger partial charge < -0.3 is 9.84 Å². The van der Waals surface area contributed by atoms with Crippen LogP contribution in [-0.2, 0) is 0 Å². The second-order valence-corrected chi connectivity index (χ2v) is 1.61. The van der Waals surface area contributed by atoms with Gasteiger partial charge in [0.1, 0.15) is 11.5 Å². The highest BCUT2D eigenvalue weighted by atomic mass is 16.5. The van der Waals surface area contributed by atoms with Crippen molar-refractivity contribution in [3.8, 4) is 11.5 Å². The Morgan fingerprint density at radius 3 is 2.89 bits per heavy atom. The first-order chi connectivity index (χ1) is 4.33. The van der Waals surface area contributed by atoms with Crippen LogP contribution < -0.4 is 4.74 Å². The maximum absolute atomic E-state index is 8.81. The molecule has 0 spiro atoms. The summed E-state index contributed by atoms with van der Waals surface area (Å²) in [6.07, 6.45) is 0. The topological polar surface area (TPSA) is 29.5 Å². The van der Waals surface area contributed by atoms with Crippen LogP contribution in [-0.4, -0.2) is 12.2 Å². The Bertz CT molecular complexity index is 196. The zero-order valence-corrected chi connectivity index (χ0v) is 5.09. The van der Waals surface area contributed by atoms with Gasteiger partial charge in [-0.2, -0.15) is 0 Å². The lowest BCUT2D eigenvalue weighted by Gasteiger charge is -1.96. The molecule has 0 saturated carbocycles. The molecule has 1 N–H and O–H groups in total. The van der Waals surface area contributed by atoms with E-state index in [9.17, 15) is 0 Å². The van der Waals surface area contributed by atoms with E-state index in [0.717, 1.165) is 0 Å². The second-order valence-electron chi connectivity index (χ2n) is 1.61. The van der Waals surface area contributed by atoms with Gasteiger partial charge >= 0.3 is 0 Å². The molecule has 0 bridgehead atoms. The van der Waals surface area contributed by atoms with Gasteiger partial charge in [-0.1, -0.05) is 0 Å². The molecule has 2 nitrogen and oxygen atoms in total. The average Bonchev–Trinajstić information content (AvgIpc) is 1.88. The molecule has 0 fully saturated rings. The van der Waals surface area contributed by atoms with E-state index in [1.54, 1.807) is 19.2 Å². The fourth-order valence-corrected chi connectivity index (χ4v) is 0.561. The van der Waals surface area contributed by atoms with Crippen molar-refractivity contribution in [1.29, 1.82) is 0 Å². The number of hydrogen-bond acceptors (Lipinski definition) is 2. The van der Waals surface area contributed by atoms with Crippen LogP contribution in [0.15, 0.2) is 18.2 Å². The van der Waals surface area contributed by atoms with Gasteiger partial charge in [0.05, 0.1) is 7.11 Å². The lowest BCUT2D eigenvalue weighted by Crippen LogP contribution is -1.79. The second kappa shape index (κ2) is 2.40. The molecule has 1 aromatic carbocycles. The molecule has 0 aromatic heterocycles. The zero-order valence-electron chi connectivity index (χ0n) is 5.09. The minimum atomic E-state index is 0.106. The monoisotopic (exact) mass is 123 g/mol. The Morgan fingerprint density at radius 2 is 2.44 bits per heavy atom. The van der Waals surface area contributed by atoms with Gasteiger partial charge in [-0.05, 0) is 12.1 Å². The normalized spacial score (nSPS) is 9.00. The Morgan fingerprint density at radius 1 is 1.67 bits per heavy atom. The van der Waals surface area contributed by atoms with Crippen LogP contribution in [0.1, 0.15) is 0 Å². The molecule has 0 unspecified atom stereocenters. The van der Waals surface area contributed by atoms with Crippen LogP contribution in [0.5, 0.6) is 11.5 Å². The number of methoxy groups -OCH3 is 1. The molecule has 0 atom stereocenters. The van der Waals surface area contributed by atoms with Crippen molar-refractivity contribution in [3.63, 3.8) is 0 Å². The third-order valence-electron chi connectivity index (χ3n) is 0.993. The molecule has 47 valence electrons. The SMILES string of the molecule is COc1cc[c]c(O)c1. The molecule has 1 aromatic rings. The molecular weight excluding hydrogens is 116 g/mol. The highest BCUT2D eigenvalue weighted by molar-refractivity contribution is 5.30. The van der Waals surface area contributed by atoms with Crippen LogP contribution in [0.3, 0.4) is 0 Å². The van der Waals surface area contributed by atoms with Crippen molar-refractivity contribution in [2.45, 2.75) is 0 Å². The fraction of sp³-hybridized carbons (Fsp3) is 0.143. The highest BCUT2D eigenvalue weighted by Crippen LogP contribution is 2.15. The molecule has 1 radical (unpaired) electrons. The van der Waals surface area contributed by atoms with Crippen LogP contribution in [0.2, 0.25) is 0 Å². The van der Waals surface area contributed by atoms with E-state index in [1.807, 2.05) is 0 Å². The summed E-state index contributed by atoms with van der Waals surface area (Å²) in [6.45, 7) is 0. The van der Waals surface area contributed by atoms with Crippen LogP contribution in [0, 0.1) is 6.07 Å². The van der Waals surface area contributed by atoms with Crippen molar-refractivity contribution in [2.75, 3.05) is 7.11 Å². The number of phenolic OH excluding ortho intramolecular Hbond substituents is 1. The Hall–Kier alpha value is -1.18. The van der Waals surface area contributed by atoms with E-state index in [0.29, 0.717) is 5.75 Å². The van der Waals surface area contributed by atoms with Gasteiger partial charge in [0, 0.05) is 12.1 Å². The molecule has 9 heavy (non-hydrogen) atoms. The minimum Gasteiger partial charge on any atom is -0.507 e. The first-order valence-corrected chi connectivity index (χ1v) is 2.57. The van der Waals surface area contributed by atoms with Crippen LogP contribution in [0.25, 0.3) is 0 Å². The summed E-state index contributed by atoms with van der Waals surface area (Å²) in [6, 6.07) is 7.41. The summed E-state index contributed by atoms with van der Waals surface area (Å²) in [7, 11) is 1.55. The summed E-state index contributed by atoms with van der Waals surface area (Å²) >= 11 is 0. The summed E-state index contributed by atoms with van der Waals surface area (Å²) < 4.78 is 4.81. The lowest BCUT2D eigenvalue weighted by atomic mass is 10.3. The number of hydrogen-bond donors (Lipinski definition) is 1. The minimum absolute atomic E-state index is 0.106. The Kier molecular flexibility index (Phi) is 1.58. The summed E-state index contributed by atoms with van der Waals surface area (Å²) in [4.78, 5) is 0. The molecule has 0 heterocycles. The van der Waals surface area contributed by atoms with E-state index >= 15 is 0 Å². The van der Waals surface area contributed by atoms with E-state index in [4.69, 9.17) is 9.84 Å². The van der Waals surface area contributed by atoms with Gasteiger partial charge in [-0.15, -0.1) is 0 Å². The third-order valence-corrected chi connectivity index (χ3v) is 0.993. The molecule has 0 saturated heterocycles. The number of rotatable bonds is 1. The van der Waals surface area contributed by atoms with Crippen molar-refractivity contribution >= 4 is 0 Å². The predicted octanol–water partition coefficient (Wildman–Crippen LogP) is 1.20. The van der Waals surface area contributed by atoms with Gasteiger partial charge in [-0.25, -0.2) is 0 Å². The fourth-order valence-electron chi connectivity index (χ4n) is 0.561. The molecule has 0 aliphatic carbocycles. The van der Waals surface area contributed by atoms with Crippen LogP contribution >= 0.6 is 0 Å². The summed E-state index contributed by atoms with van der Waals surface area (Å²) in [5, 5.41) is 8.81. The number of benzene rings is 1. The van der Waals surface area contributed by atoms with Gasteiger partial charge in [0.25, 0.3) is 0 Å². The van der Waals surface area contributed by atoms with E-state index in [-0.39, 0.29) is 5.75 Å². The first-order valence-electron chi connectivity index (χ1n) is 2.57. The van der Waals surface area contributed by atoms with Gasteiger partial charge in [-0.3, -0.25) is 0 Å². The largest absolute Gasteiger partial charge is 0.507 e. The first kappa shape index (κ1) is 5.95. The summed E-state index contributed by atoms with van der Waals surface area (Å²) in [5.41, 5.74) is 0. The standard InChI is InChI=1S/C7H7O2/c1-9-7-4-2-3-6(8)5-7/h2,4-5,8H,1H3. The molecule has 0 amide bonds. The van der Waals surface area contributed by atoms with Crippen molar-refractivity contribution < 1.29 is 9.84 Å². The molecule has 2 heteroatoms. The summed E-state index contributed by atoms with van der Waals surface area (Å²) in [5.74, 6) is 0.751. The molecule has 0 aliphatic heterocycles. The van der Waals surface area contributed by atoms with Crippen molar-refractivity contribution in [1.82, 2.24) is 0 Å². The number of aromatic hydroxyl groups is 1. The number of ether oxygens (including phenoxy) is 1. The Labute approximate surface area is 53.7 Å². The smallest absolute Gasteiger partial charge is 0.127 e. The van der Waals surface area contributed by atoms with Crippen molar-refractivity contribution in [2.24, 2.45) is 0 Å². The van der Waals surface area contributed by atoms with E-state index < -0.39 is 0 Å². The Balaban J connectivity index is 2.94. The highest BCUT2D eigenvalue weighted by Gasteiger charge is 1.89. The maximum Gasteiger partial charge on any atom is 0.127 e. The third kappa shape index (κ3) is 1.35. The van der Waals surface area contributed by atoms with E-state index in [1.165, 1.54) is 6.07 Å². The van der Waals surface area contributed by atoms with Crippen LogP contribution in [0.4, 0.5) is 0 Å². The van der Waals surface area contributed by atoms with Gasteiger partial charge in [0.2, 0.25) is 0 Å².